The van der Waals surface area contributed by atoms with Crippen LogP contribution in [0.25, 0.3) is 10.8 Å². The zero-order valence-electron chi connectivity index (χ0n) is 11.7. The van der Waals surface area contributed by atoms with Gasteiger partial charge in [0, 0.05) is 16.7 Å². The molecular weight excluding hydrogens is 260 g/mol. The smallest absolute Gasteiger partial charge is 0.194 e. The molecule has 0 spiro atoms. The number of carbonyl (C=O) groups excluding carboxylic acids is 2. The lowest BCUT2D eigenvalue weighted by atomic mass is 9.93. The van der Waals surface area contributed by atoms with Crippen LogP contribution in [0, 0.1) is 6.92 Å². The Labute approximate surface area is 123 Å². The highest BCUT2D eigenvalue weighted by Gasteiger charge is 2.16. The van der Waals surface area contributed by atoms with Gasteiger partial charge in [-0.05, 0) is 17.7 Å². The Bertz CT molecular complexity index is 830. The molecule has 21 heavy (non-hydrogen) atoms. The Morgan fingerprint density at radius 2 is 1.62 bits per heavy atom. The third-order valence-corrected chi connectivity index (χ3v) is 3.63. The molecule has 3 aromatic rings. The molecule has 0 heterocycles. The number of ketones is 1. The number of fused-ring (bicyclic) bond motifs is 1. The van der Waals surface area contributed by atoms with Crippen LogP contribution in [0.2, 0.25) is 0 Å². The molecule has 3 rings (SSSR count). The molecule has 0 fully saturated rings. The van der Waals surface area contributed by atoms with Crippen molar-refractivity contribution in [3.05, 3.63) is 82.9 Å². The predicted molar refractivity (Wildman–Crippen MR) is 83.9 cm³/mol. The van der Waals surface area contributed by atoms with Gasteiger partial charge in [0.05, 0.1) is 0 Å². The molecule has 0 N–H and O–H groups in total. The predicted octanol–water partition coefficient (Wildman–Crippen LogP) is 4.19. The zero-order chi connectivity index (χ0) is 14.8. The van der Waals surface area contributed by atoms with Crippen LogP contribution in [0.3, 0.4) is 0 Å². The molecule has 0 amide bonds. The lowest BCUT2D eigenvalue weighted by Gasteiger charge is -2.09. The first-order chi connectivity index (χ1) is 10.2. The number of aldehydes is 1. The minimum absolute atomic E-state index is 0.117. The van der Waals surface area contributed by atoms with Gasteiger partial charge in [0.1, 0.15) is 0 Å². The molecular formula is C19H14O2. The molecule has 3 aromatic carbocycles. The number of carbonyl (C=O) groups is 2. The molecule has 102 valence electrons. The second-order valence-corrected chi connectivity index (χ2v) is 5.06. The summed E-state index contributed by atoms with van der Waals surface area (Å²) < 4.78 is 0. The van der Waals surface area contributed by atoms with Crippen molar-refractivity contribution >= 4 is 22.8 Å². The quantitative estimate of drug-likeness (QED) is 0.530. The van der Waals surface area contributed by atoms with Crippen molar-refractivity contribution in [3.8, 4) is 0 Å². The van der Waals surface area contributed by atoms with E-state index in [0.717, 1.165) is 22.6 Å². The lowest BCUT2D eigenvalue weighted by molar-refractivity contribution is 0.103. The van der Waals surface area contributed by atoms with Crippen LogP contribution in [0.1, 0.15) is 31.8 Å². The highest BCUT2D eigenvalue weighted by Crippen LogP contribution is 2.24. The average molecular weight is 274 g/mol. The van der Waals surface area contributed by atoms with E-state index in [4.69, 9.17) is 0 Å². The second-order valence-electron chi connectivity index (χ2n) is 5.06. The van der Waals surface area contributed by atoms with E-state index in [1.54, 1.807) is 18.2 Å². The van der Waals surface area contributed by atoms with E-state index in [1.165, 1.54) is 0 Å². The van der Waals surface area contributed by atoms with E-state index in [1.807, 2.05) is 49.4 Å². The van der Waals surface area contributed by atoms with Crippen molar-refractivity contribution in [3.63, 3.8) is 0 Å². The number of benzene rings is 3. The second kappa shape index (κ2) is 5.33. The maximum Gasteiger partial charge on any atom is 0.194 e. The molecule has 0 aliphatic heterocycles. The zero-order valence-corrected chi connectivity index (χ0v) is 11.7. The van der Waals surface area contributed by atoms with Crippen molar-refractivity contribution in [2.75, 3.05) is 0 Å². The number of rotatable bonds is 3. The summed E-state index contributed by atoms with van der Waals surface area (Å²) in [6.45, 7) is 1.98. The minimum atomic E-state index is -0.117. The number of aryl methyl sites for hydroxylation is 1. The van der Waals surface area contributed by atoms with Crippen LogP contribution >= 0.6 is 0 Å². The molecule has 0 unspecified atom stereocenters. The van der Waals surface area contributed by atoms with Crippen molar-refractivity contribution in [1.82, 2.24) is 0 Å². The van der Waals surface area contributed by atoms with E-state index < -0.39 is 0 Å². The molecule has 0 radical (unpaired) electrons. The Kier molecular flexibility index (Phi) is 3.36. The van der Waals surface area contributed by atoms with Crippen LogP contribution in [0.4, 0.5) is 0 Å². The number of hydrogen-bond donors (Lipinski definition) is 0. The molecule has 2 heteroatoms. The maximum atomic E-state index is 12.8. The summed E-state index contributed by atoms with van der Waals surface area (Å²) in [5.41, 5.74) is 2.60. The summed E-state index contributed by atoms with van der Waals surface area (Å²) in [6.07, 6.45) is 0.744. The average Bonchev–Trinajstić information content (AvgIpc) is 2.53. The van der Waals surface area contributed by atoms with E-state index in [9.17, 15) is 9.59 Å². The third-order valence-electron chi connectivity index (χ3n) is 3.63. The van der Waals surface area contributed by atoms with Gasteiger partial charge in [-0.15, -0.1) is 0 Å². The largest absolute Gasteiger partial charge is 0.298 e. The van der Waals surface area contributed by atoms with Gasteiger partial charge in [-0.1, -0.05) is 66.2 Å². The summed E-state index contributed by atoms with van der Waals surface area (Å²) in [5.74, 6) is -0.117. The fraction of sp³-hybridized carbons (Fsp3) is 0.0526. The summed E-state index contributed by atoms with van der Waals surface area (Å²) >= 11 is 0. The van der Waals surface area contributed by atoms with Crippen molar-refractivity contribution in [2.45, 2.75) is 6.92 Å². The van der Waals surface area contributed by atoms with E-state index in [-0.39, 0.29) is 5.78 Å². The van der Waals surface area contributed by atoms with Crippen molar-refractivity contribution in [2.24, 2.45) is 0 Å². The Morgan fingerprint density at radius 3 is 2.33 bits per heavy atom. The lowest BCUT2D eigenvalue weighted by Crippen LogP contribution is -2.06. The van der Waals surface area contributed by atoms with Crippen LogP contribution in [-0.2, 0) is 0 Å². The molecule has 2 nitrogen and oxygen atoms in total. The first-order valence-electron chi connectivity index (χ1n) is 6.79. The topological polar surface area (TPSA) is 34.1 Å². The van der Waals surface area contributed by atoms with Gasteiger partial charge < -0.3 is 0 Å². The Balaban J connectivity index is 2.25. The van der Waals surface area contributed by atoms with Gasteiger partial charge >= 0.3 is 0 Å². The van der Waals surface area contributed by atoms with Crippen LogP contribution in [-0.4, -0.2) is 12.1 Å². The third kappa shape index (κ3) is 2.36. The van der Waals surface area contributed by atoms with Crippen molar-refractivity contribution < 1.29 is 9.59 Å². The number of hydrogen-bond acceptors (Lipinski definition) is 2. The van der Waals surface area contributed by atoms with E-state index >= 15 is 0 Å². The fourth-order valence-electron chi connectivity index (χ4n) is 2.49. The molecule has 0 saturated heterocycles. The summed E-state index contributed by atoms with van der Waals surface area (Å²) in [4.78, 5) is 24.1. The van der Waals surface area contributed by atoms with Crippen LogP contribution in [0.15, 0.2) is 60.7 Å². The SMILES string of the molecule is Cc1ccc(C(=O)c2c(C=O)ccc3ccccc23)cc1. The maximum absolute atomic E-state index is 12.8. The summed E-state index contributed by atoms with van der Waals surface area (Å²) in [7, 11) is 0. The van der Waals surface area contributed by atoms with Gasteiger partial charge in [-0.25, -0.2) is 0 Å². The normalized spacial score (nSPS) is 10.5. The Morgan fingerprint density at radius 1 is 0.905 bits per heavy atom. The standard InChI is InChI=1S/C19H14O2/c1-13-6-8-15(9-7-13)19(21)18-16(12-20)11-10-14-4-2-3-5-17(14)18/h2-12H,1H3. The van der Waals surface area contributed by atoms with E-state index in [0.29, 0.717) is 16.7 Å². The molecule has 0 aromatic heterocycles. The molecule has 0 saturated carbocycles. The van der Waals surface area contributed by atoms with Gasteiger partial charge in [0.2, 0.25) is 0 Å². The molecule has 0 aliphatic carbocycles. The van der Waals surface area contributed by atoms with Gasteiger partial charge in [-0.3, -0.25) is 9.59 Å². The minimum Gasteiger partial charge on any atom is -0.298 e. The van der Waals surface area contributed by atoms with Crippen LogP contribution in [0.5, 0.6) is 0 Å². The molecule has 0 atom stereocenters. The molecule has 0 aliphatic rings. The first-order valence-corrected chi connectivity index (χ1v) is 6.79. The monoisotopic (exact) mass is 274 g/mol. The Hall–Kier alpha value is -2.74. The van der Waals surface area contributed by atoms with Gasteiger partial charge in [0.25, 0.3) is 0 Å². The fourth-order valence-corrected chi connectivity index (χ4v) is 2.49. The summed E-state index contributed by atoms with van der Waals surface area (Å²) in [6, 6.07) is 18.6. The van der Waals surface area contributed by atoms with Gasteiger partial charge in [0.15, 0.2) is 12.1 Å². The van der Waals surface area contributed by atoms with E-state index in [2.05, 4.69) is 0 Å². The first kappa shape index (κ1) is 13.3. The highest BCUT2D eigenvalue weighted by atomic mass is 16.1. The summed E-state index contributed by atoms with van der Waals surface area (Å²) in [5, 5.41) is 1.77. The van der Waals surface area contributed by atoms with Crippen LogP contribution < -0.4 is 0 Å². The highest BCUT2D eigenvalue weighted by molar-refractivity contribution is 6.20. The molecule has 0 bridgehead atoms. The van der Waals surface area contributed by atoms with Gasteiger partial charge in [-0.2, -0.15) is 0 Å². The van der Waals surface area contributed by atoms with Crippen molar-refractivity contribution in [1.29, 1.82) is 0 Å².